The number of para-hydroxylation sites is 1. The molecule has 0 atom stereocenters. The first-order valence-electron chi connectivity index (χ1n) is 9.53. The molecule has 0 fully saturated rings. The van der Waals surface area contributed by atoms with Gasteiger partial charge in [0.15, 0.2) is 0 Å². The summed E-state index contributed by atoms with van der Waals surface area (Å²) in [7, 11) is 0. The maximum Gasteiger partial charge on any atom is 0.344 e. The van der Waals surface area contributed by atoms with Crippen LogP contribution in [0.2, 0.25) is 0 Å². The lowest BCUT2D eigenvalue weighted by molar-refractivity contribution is 0.0736. The van der Waals surface area contributed by atoms with E-state index >= 15 is 0 Å². The molecule has 0 saturated carbocycles. The minimum Gasteiger partial charge on any atom is -0.507 e. The quantitative estimate of drug-likeness (QED) is 0.219. The second-order valence-corrected chi connectivity index (χ2v) is 6.70. The van der Waals surface area contributed by atoms with Gasteiger partial charge in [-0.1, -0.05) is 48.5 Å². The zero-order valence-corrected chi connectivity index (χ0v) is 16.4. The topological polar surface area (TPSA) is 88.0 Å². The molecule has 0 saturated heterocycles. The standard InChI is InChI=1S/C25H18N2O4/c28-23-11-4-3-9-22(23)24(29)27-26-16-17-12-14-19(15-13-17)31-25(30)21-10-5-7-18-6-1-2-8-20(18)21/h1-16,28H,(H,27,29)/b26-16-. The van der Waals surface area contributed by atoms with Gasteiger partial charge in [0.1, 0.15) is 11.5 Å². The second-order valence-electron chi connectivity index (χ2n) is 6.70. The van der Waals surface area contributed by atoms with Crippen LogP contribution in [0.3, 0.4) is 0 Å². The van der Waals surface area contributed by atoms with E-state index in [9.17, 15) is 14.7 Å². The van der Waals surface area contributed by atoms with E-state index in [0.717, 1.165) is 10.8 Å². The minimum atomic E-state index is -0.519. The number of amides is 1. The number of hydrogen-bond donors (Lipinski definition) is 2. The monoisotopic (exact) mass is 410 g/mol. The Morgan fingerprint density at radius 2 is 1.48 bits per heavy atom. The average molecular weight is 410 g/mol. The van der Waals surface area contributed by atoms with Crippen LogP contribution in [0.4, 0.5) is 0 Å². The fraction of sp³-hybridized carbons (Fsp3) is 0. The van der Waals surface area contributed by atoms with Crippen molar-refractivity contribution in [1.29, 1.82) is 0 Å². The number of benzene rings is 4. The smallest absolute Gasteiger partial charge is 0.344 e. The highest BCUT2D eigenvalue weighted by Crippen LogP contribution is 2.21. The number of carbonyl (C=O) groups is 2. The van der Waals surface area contributed by atoms with Crippen LogP contribution in [0.5, 0.6) is 11.5 Å². The Kier molecular flexibility index (Phi) is 5.71. The van der Waals surface area contributed by atoms with Crippen molar-refractivity contribution >= 4 is 28.9 Å². The third-order valence-corrected chi connectivity index (χ3v) is 4.63. The second kappa shape index (κ2) is 8.92. The number of hydrogen-bond acceptors (Lipinski definition) is 5. The molecule has 0 aliphatic rings. The molecule has 0 radical (unpaired) electrons. The highest BCUT2D eigenvalue weighted by Gasteiger charge is 2.12. The Hall–Kier alpha value is -4.45. The summed E-state index contributed by atoms with van der Waals surface area (Å²) in [6.07, 6.45) is 1.45. The molecule has 0 aromatic heterocycles. The SMILES string of the molecule is O=C(N/N=C\c1ccc(OC(=O)c2cccc3ccccc23)cc1)c1ccccc1O. The number of nitrogens with zero attached hydrogens (tertiary/aromatic N) is 1. The largest absolute Gasteiger partial charge is 0.507 e. The first-order chi connectivity index (χ1) is 15.1. The number of hydrazone groups is 1. The van der Waals surface area contributed by atoms with Gasteiger partial charge < -0.3 is 9.84 Å². The lowest BCUT2D eigenvalue weighted by Gasteiger charge is -2.07. The molecule has 0 unspecified atom stereocenters. The summed E-state index contributed by atoms with van der Waals surface area (Å²) in [5, 5.41) is 15.4. The van der Waals surface area contributed by atoms with Crippen molar-refractivity contribution in [3.63, 3.8) is 0 Å². The molecular formula is C25H18N2O4. The van der Waals surface area contributed by atoms with Gasteiger partial charge in [0.25, 0.3) is 5.91 Å². The van der Waals surface area contributed by atoms with Gasteiger partial charge in [0.05, 0.1) is 17.3 Å². The zero-order chi connectivity index (χ0) is 21.6. The van der Waals surface area contributed by atoms with Gasteiger partial charge in [-0.05, 0) is 58.8 Å². The van der Waals surface area contributed by atoms with Gasteiger partial charge >= 0.3 is 5.97 Å². The molecule has 1 amide bonds. The van der Waals surface area contributed by atoms with E-state index in [1.165, 1.54) is 18.3 Å². The van der Waals surface area contributed by atoms with Crippen molar-refractivity contribution in [2.75, 3.05) is 0 Å². The summed E-state index contributed by atoms with van der Waals surface area (Å²) in [4.78, 5) is 24.6. The predicted molar refractivity (Wildman–Crippen MR) is 119 cm³/mol. The van der Waals surface area contributed by atoms with Crippen molar-refractivity contribution in [2.24, 2.45) is 5.10 Å². The van der Waals surface area contributed by atoms with Crippen LogP contribution < -0.4 is 10.2 Å². The van der Waals surface area contributed by atoms with Crippen LogP contribution >= 0.6 is 0 Å². The lowest BCUT2D eigenvalue weighted by Crippen LogP contribution is -2.17. The van der Waals surface area contributed by atoms with Crippen molar-refractivity contribution in [1.82, 2.24) is 5.43 Å². The Balaban J connectivity index is 1.40. The van der Waals surface area contributed by atoms with Crippen molar-refractivity contribution in [2.45, 2.75) is 0 Å². The number of phenolic OH excluding ortho intramolecular Hbond substituents is 1. The van der Waals surface area contributed by atoms with E-state index in [1.54, 1.807) is 42.5 Å². The van der Waals surface area contributed by atoms with Crippen LogP contribution in [0, 0.1) is 0 Å². The average Bonchev–Trinajstić information content (AvgIpc) is 2.80. The van der Waals surface area contributed by atoms with Crippen LogP contribution in [0.1, 0.15) is 26.3 Å². The molecule has 4 aromatic rings. The van der Waals surface area contributed by atoms with Gasteiger partial charge in [-0.15, -0.1) is 0 Å². The molecule has 31 heavy (non-hydrogen) atoms. The molecule has 6 heteroatoms. The van der Waals surface area contributed by atoms with Crippen molar-refractivity contribution in [3.8, 4) is 11.5 Å². The van der Waals surface area contributed by atoms with Crippen LogP contribution in [0.15, 0.2) is 96.1 Å². The Morgan fingerprint density at radius 3 is 2.29 bits per heavy atom. The molecule has 0 spiro atoms. The van der Waals surface area contributed by atoms with E-state index in [0.29, 0.717) is 16.9 Å². The molecule has 0 heterocycles. The maximum atomic E-state index is 12.6. The predicted octanol–water partition coefficient (Wildman–Crippen LogP) is 4.53. The molecule has 0 aliphatic carbocycles. The molecule has 0 bridgehead atoms. The fourth-order valence-corrected chi connectivity index (χ4v) is 3.08. The summed E-state index contributed by atoms with van der Waals surface area (Å²) in [5.74, 6) is -0.677. The molecule has 152 valence electrons. The summed E-state index contributed by atoms with van der Waals surface area (Å²) >= 11 is 0. The number of esters is 1. The summed E-state index contributed by atoms with van der Waals surface area (Å²) in [5.41, 5.74) is 3.69. The van der Waals surface area contributed by atoms with Crippen LogP contribution in [-0.4, -0.2) is 23.2 Å². The molecule has 2 N–H and O–H groups in total. The summed E-state index contributed by atoms with van der Waals surface area (Å²) in [6, 6.07) is 26.0. The summed E-state index contributed by atoms with van der Waals surface area (Å²) in [6.45, 7) is 0. The number of ether oxygens (including phenoxy) is 1. The normalized spacial score (nSPS) is 10.8. The van der Waals surface area contributed by atoms with Gasteiger partial charge in [-0.25, -0.2) is 10.2 Å². The number of carbonyl (C=O) groups excluding carboxylic acids is 2. The number of rotatable bonds is 5. The van der Waals surface area contributed by atoms with Crippen molar-refractivity contribution < 1.29 is 19.4 Å². The fourth-order valence-electron chi connectivity index (χ4n) is 3.08. The number of phenols is 1. The first-order valence-corrected chi connectivity index (χ1v) is 9.53. The third kappa shape index (κ3) is 4.59. The third-order valence-electron chi connectivity index (χ3n) is 4.63. The van der Waals surface area contributed by atoms with E-state index in [1.807, 2.05) is 36.4 Å². The first kappa shape index (κ1) is 19.8. The molecule has 0 aliphatic heterocycles. The molecule has 4 aromatic carbocycles. The number of fused-ring (bicyclic) bond motifs is 1. The van der Waals surface area contributed by atoms with E-state index in [2.05, 4.69) is 10.5 Å². The van der Waals surface area contributed by atoms with Gasteiger partial charge in [-0.2, -0.15) is 5.10 Å². The Morgan fingerprint density at radius 1 is 0.806 bits per heavy atom. The molecule has 6 nitrogen and oxygen atoms in total. The van der Waals surface area contributed by atoms with Crippen LogP contribution in [0.25, 0.3) is 10.8 Å². The van der Waals surface area contributed by atoms with Crippen molar-refractivity contribution in [3.05, 3.63) is 108 Å². The van der Waals surface area contributed by atoms with Gasteiger partial charge in [0.2, 0.25) is 0 Å². The Labute approximate surface area is 178 Å². The lowest BCUT2D eigenvalue weighted by atomic mass is 10.0. The molecule has 4 rings (SSSR count). The van der Waals surface area contributed by atoms with E-state index in [-0.39, 0.29) is 11.3 Å². The molecular weight excluding hydrogens is 392 g/mol. The highest BCUT2D eigenvalue weighted by atomic mass is 16.5. The maximum absolute atomic E-state index is 12.6. The van der Waals surface area contributed by atoms with E-state index in [4.69, 9.17) is 4.74 Å². The van der Waals surface area contributed by atoms with E-state index < -0.39 is 11.9 Å². The van der Waals surface area contributed by atoms with Gasteiger partial charge in [0, 0.05) is 0 Å². The minimum absolute atomic E-state index is 0.118. The van der Waals surface area contributed by atoms with Crippen LogP contribution in [-0.2, 0) is 0 Å². The number of aromatic hydroxyl groups is 1. The number of nitrogens with one attached hydrogen (secondary N) is 1. The zero-order valence-electron chi connectivity index (χ0n) is 16.4. The Bertz CT molecular complexity index is 1270. The highest BCUT2D eigenvalue weighted by molar-refractivity contribution is 6.05. The summed E-state index contributed by atoms with van der Waals surface area (Å²) < 4.78 is 5.50. The van der Waals surface area contributed by atoms with Gasteiger partial charge in [-0.3, -0.25) is 4.79 Å².